The minimum atomic E-state index is -0.673. The third kappa shape index (κ3) is 2.81. The summed E-state index contributed by atoms with van der Waals surface area (Å²) in [5.74, 6) is -0.627. The molecule has 0 aromatic heterocycles. The molecule has 0 spiro atoms. The summed E-state index contributed by atoms with van der Waals surface area (Å²) in [6.45, 7) is 1.70. The molecule has 0 radical (unpaired) electrons. The number of rotatable bonds is 4. The van der Waals surface area contributed by atoms with Crippen LogP contribution in [0.5, 0.6) is 5.75 Å². The summed E-state index contributed by atoms with van der Waals surface area (Å²) < 4.78 is 24.4. The predicted octanol–water partition coefficient (Wildman–Crippen LogP) is 0.906. The van der Waals surface area contributed by atoms with E-state index in [4.69, 9.17) is 15.2 Å². The number of anilines is 1. The lowest BCUT2D eigenvalue weighted by atomic mass is 10.2. The zero-order chi connectivity index (χ0) is 14.7. The molecule has 1 aromatic rings. The Morgan fingerprint density at radius 2 is 2.40 bits per heavy atom. The number of hydrogen-bond donors (Lipinski definition) is 1. The first-order valence-electron chi connectivity index (χ1n) is 6.15. The molecule has 8 heteroatoms. The number of methoxy groups -OCH3 is 1. The Balaban J connectivity index is 2.34. The summed E-state index contributed by atoms with van der Waals surface area (Å²) in [4.78, 5) is 11.9. The van der Waals surface area contributed by atoms with Crippen molar-refractivity contribution in [2.75, 3.05) is 38.3 Å². The quantitative estimate of drug-likeness (QED) is 0.653. The molecule has 2 rings (SSSR count). The predicted molar refractivity (Wildman–Crippen MR) is 70.6 cm³/mol. The fourth-order valence-corrected chi connectivity index (χ4v) is 2.16. The molecule has 0 bridgehead atoms. The van der Waals surface area contributed by atoms with E-state index in [9.17, 15) is 14.5 Å². The molecule has 0 amide bonds. The molecule has 7 nitrogen and oxygen atoms in total. The van der Waals surface area contributed by atoms with Gasteiger partial charge in [0.1, 0.15) is 0 Å². The number of halogens is 1. The van der Waals surface area contributed by atoms with Crippen LogP contribution in [0.2, 0.25) is 0 Å². The molecule has 1 atom stereocenters. The highest BCUT2D eigenvalue weighted by molar-refractivity contribution is 5.60. The lowest BCUT2D eigenvalue weighted by molar-refractivity contribution is -0.385. The van der Waals surface area contributed by atoms with Crippen LogP contribution in [0.3, 0.4) is 0 Å². The van der Waals surface area contributed by atoms with E-state index < -0.39 is 16.4 Å². The van der Waals surface area contributed by atoms with Crippen LogP contribution in [-0.2, 0) is 4.74 Å². The van der Waals surface area contributed by atoms with Gasteiger partial charge in [-0.3, -0.25) is 10.1 Å². The van der Waals surface area contributed by atoms with Crippen molar-refractivity contribution in [2.24, 2.45) is 5.73 Å². The van der Waals surface area contributed by atoms with E-state index in [-0.39, 0.29) is 17.5 Å². The first-order chi connectivity index (χ1) is 9.56. The average molecular weight is 285 g/mol. The summed E-state index contributed by atoms with van der Waals surface area (Å²) in [6.07, 6.45) is -0.177. The number of nitrogens with two attached hydrogens (primary N) is 1. The van der Waals surface area contributed by atoms with Crippen molar-refractivity contribution < 1.29 is 18.8 Å². The van der Waals surface area contributed by atoms with Crippen molar-refractivity contribution in [3.8, 4) is 5.75 Å². The van der Waals surface area contributed by atoms with Gasteiger partial charge in [0.15, 0.2) is 11.6 Å². The van der Waals surface area contributed by atoms with E-state index in [1.807, 2.05) is 0 Å². The van der Waals surface area contributed by atoms with Crippen LogP contribution >= 0.6 is 0 Å². The molecular weight excluding hydrogens is 269 g/mol. The van der Waals surface area contributed by atoms with Gasteiger partial charge in [-0.2, -0.15) is 0 Å². The largest absolute Gasteiger partial charge is 0.490 e. The number of benzene rings is 1. The standard InChI is InChI=1S/C12H16FN3O4/c1-19-12-5-10(9(13)4-11(12)16(17)18)15-2-3-20-8(6-14)7-15/h4-5,8H,2-3,6-7,14H2,1H3. The summed E-state index contributed by atoms with van der Waals surface area (Å²) in [5.41, 5.74) is 5.41. The van der Waals surface area contributed by atoms with E-state index in [1.165, 1.54) is 13.2 Å². The van der Waals surface area contributed by atoms with Crippen molar-refractivity contribution in [3.05, 3.63) is 28.1 Å². The van der Waals surface area contributed by atoms with Crippen LogP contribution in [0.25, 0.3) is 0 Å². The van der Waals surface area contributed by atoms with E-state index in [2.05, 4.69) is 0 Å². The molecule has 1 heterocycles. The molecule has 110 valence electrons. The third-order valence-electron chi connectivity index (χ3n) is 3.19. The first-order valence-corrected chi connectivity index (χ1v) is 6.15. The summed E-state index contributed by atoms with van der Waals surface area (Å²) in [5, 5.41) is 10.8. The number of nitrogens with zero attached hydrogens (tertiary/aromatic N) is 2. The molecular formula is C12H16FN3O4. The van der Waals surface area contributed by atoms with Crippen LogP contribution in [0.15, 0.2) is 12.1 Å². The van der Waals surface area contributed by atoms with Gasteiger partial charge in [-0.1, -0.05) is 0 Å². The van der Waals surface area contributed by atoms with Gasteiger partial charge in [0.25, 0.3) is 0 Å². The number of nitro groups is 1. The lowest BCUT2D eigenvalue weighted by Crippen LogP contribution is -2.46. The van der Waals surface area contributed by atoms with E-state index in [0.717, 1.165) is 6.07 Å². The topological polar surface area (TPSA) is 90.9 Å². The normalized spacial score (nSPS) is 18.9. The van der Waals surface area contributed by atoms with Gasteiger partial charge < -0.3 is 20.1 Å². The van der Waals surface area contributed by atoms with Crippen molar-refractivity contribution in [3.63, 3.8) is 0 Å². The smallest absolute Gasteiger partial charge is 0.313 e. The molecule has 2 N–H and O–H groups in total. The van der Waals surface area contributed by atoms with Crippen LogP contribution in [0.4, 0.5) is 15.8 Å². The van der Waals surface area contributed by atoms with E-state index in [1.54, 1.807) is 4.90 Å². The van der Waals surface area contributed by atoms with Gasteiger partial charge >= 0.3 is 5.69 Å². The molecule has 1 aliphatic heterocycles. The highest BCUT2D eigenvalue weighted by atomic mass is 19.1. The Hall–Kier alpha value is -1.93. The number of hydrogen-bond acceptors (Lipinski definition) is 6. The van der Waals surface area contributed by atoms with Gasteiger partial charge in [-0.05, 0) is 0 Å². The molecule has 1 aliphatic rings. The van der Waals surface area contributed by atoms with Crippen molar-refractivity contribution in [1.82, 2.24) is 0 Å². The minimum absolute atomic E-state index is 0.0298. The number of nitro benzene ring substituents is 1. The van der Waals surface area contributed by atoms with Gasteiger partial charge in [0, 0.05) is 25.7 Å². The molecule has 1 unspecified atom stereocenters. The maximum absolute atomic E-state index is 14.1. The third-order valence-corrected chi connectivity index (χ3v) is 3.19. The zero-order valence-corrected chi connectivity index (χ0v) is 11.0. The summed E-state index contributed by atoms with van der Waals surface area (Å²) in [7, 11) is 1.31. The molecule has 0 aliphatic carbocycles. The van der Waals surface area contributed by atoms with Crippen LogP contribution < -0.4 is 15.4 Å². The maximum atomic E-state index is 14.1. The fourth-order valence-electron chi connectivity index (χ4n) is 2.16. The summed E-state index contributed by atoms with van der Waals surface area (Å²) in [6, 6.07) is 2.22. The molecule has 20 heavy (non-hydrogen) atoms. The Bertz CT molecular complexity index is 512. The second-order valence-electron chi connectivity index (χ2n) is 4.41. The van der Waals surface area contributed by atoms with Gasteiger partial charge in [-0.15, -0.1) is 0 Å². The van der Waals surface area contributed by atoms with Gasteiger partial charge in [0.05, 0.1) is 36.5 Å². The van der Waals surface area contributed by atoms with Crippen LogP contribution in [0.1, 0.15) is 0 Å². The molecule has 1 saturated heterocycles. The molecule has 1 fully saturated rings. The average Bonchev–Trinajstić information content (AvgIpc) is 2.46. The highest BCUT2D eigenvalue weighted by Gasteiger charge is 2.25. The SMILES string of the molecule is COc1cc(N2CCOC(CN)C2)c(F)cc1[N+](=O)[O-]. The molecule has 1 aromatic carbocycles. The number of ether oxygens (including phenoxy) is 2. The Kier molecular flexibility index (Phi) is 4.35. The Morgan fingerprint density at radius 1 is 1.65 bits per heavy atom. The summed E-state index contributed by atoms with van der Waals surface area (Å²) >= 11 is 0. The van der Waals surface area contributed by atoms with Crippen molar-refractivity contribution in [2.45, 2.75) is 6.10 Å². The second-order valence-corrected chi connectivity index (χ2v) is 4.41. The Morgan fingerprint density at radius 3 is 3.00 bits per heavy atom. The van der Waals surface area contributed by atoms with Gasteiger partial charge in [0.2, 0.25) is 0 Å². The van der Waals surface area contributed by atoms with Crippen LogP contribution in [0, 0.1) is 15.9 Å². The molecule has 0 saturated carbocycles. The highest BCUT2D eigenvalue weighted by Crippen LogP contribution is 2.34. The van der Waals surface area contributed by atoms with Crippen molar-refractivity contribution in [1.29, 1.82) is 0 Å². The number of morpholine rings is 1. The monoisotopic (exact) mass is 285 g/mol. The second kappa shape index (κ2) is 6.02. The Labute approximate surface area is 115 Å². The van der Waals surface area contributed by atoms with E-state index in [0.29, 0.717) is 26.2 Å². The van der Waals surface area contributed by atoms with E-state index >= 15 is 0 Å². The maximum Gasteiger partial charge on any atom is 0.313 e. The first kappa shape index (κ1) is 14.5. The zero-order valence-electron chi connectivity index (χ0n) is 11.0. The van der Waals surface area contributed by atoms with Crippen molar-refractivity contribution >= 4 is 11.4 Å². The fraction of sp³-hybridized carbons (Fsp3) is 0.500. The minimum Gasteiger partial charge on any atom is -0.490 e. The van der Waals surface area contributed by atoms with Crippen LogP contribution in [-0.4, -0.2) is 44.4 Å². The van der Waals surface area contributed by atoms with Gasteiger partial charge in [-0.25, -0.2) is 4.39 Å². The lowest BCUT2D eigenvalue weighted by Gasteiger charge is -2.34.